The normalized spacial score (nSPS) is 10.6. The van der Waals surface area contributed by atoms with E-state index in [0.29, 0.717) is 31.2 Å². The second-order valence-corrected chi connectivity index (χ2v) is 4.32. The summed E-state index contributed by atoms with van der Waals surface area (Å²) in [7, 11) is 0. The minimum absolute atomic E-state index is 0. The third kappa shape index (κ3) is 7.32. The number of aliphatic imine (C=N–C) groups is 1. The molecule has 0 aliphatic carbocycles. The molecule has 0 saturated heterocycles. The van der Waals surface area contributed by atoms with E-state index in [9.17, 15) is 4.79 Å². The average molecular weight is 390 g/mol. The van der Waals surface area contributed by atoms with Crippen molar-refractivity contribution in [1.82, 2.24) is 10.6 Å². The molecule has 1 rings (SSSR count). The Labute approximate surface area is 137 Å². The van der Waals surface area contributed by atoms with Crippen molar-refractivity contribution in [3.8, 4) is 0 Å². The molecule has 0 bridgehead atoms. The fourth-order valence-electron chi connectivity index (χ4n) is 1.54. The van der Waals surface area contributed by atoms with Crippen molar-refractivity contribution in [2.24, 2.45) is 10.7 Å². The first-order chi connectivity index (χ1) is 9.13. The summed E-state index contributed by atoms with van der Waals surface area (Å²) < 4.78 is 0. The van der Waals surface area contributed by atoms with E-state index in [4.69, 9.17) is 5.73 Å². The SMILES string of the molecule is CCCN=C(N)NCCNC(=O)c1cccc(C)c1.I. The number of nitrogens with zero attached hydrogens (tertiary/aromatic N) is 1. The van der Waals surface area contributed by atoms with Crippen LogP contribution in [0, 0.1) is 6.92 Å². The number of hydrogen-bond acceptors (Lipinski definition) is 2. The molecule has 0 aliphatic heterocycles. The molecule has 20 heavy (non-hydrogen) atoms. The Hall–Kier alpha value is -1.31. The Bertz CT molecular complexity index is 449. The first kappa shape index (κ1) is 18.7. The van der Waals surface area contributed by atoms with Crippen LogP contribution < -0.4 is 16.4 Å². The van der Waals surface area contributed by atoms with E-state index in [1.165, 1.54) is 0 Å². The van der Waals surface area contributed by atoms with Crippen molar-refractivity contribution in [3.63, 3.8) is 0 Å². The molecule has 0 fully saturated rings. The van der Waals surface area contributed by atoms with Crippen LogP contribution in [-0.4, -0.2) is 31.5 Å². The maximum atomic E-state index is 11.8. The molecule has 0 radical (unpaired) electrons. The Kier molecular flexibility index (Phi) is 9.79. The highest BCUT2D eigenvalue weighted by molar-refractivity contribution is 14.0. The van der Waals surface area contributed by atoms with Crippen molar-refractivity contribution >= 4 is 35.8 Å². The highest BCUT2D eigenvalue weighted by atomic mass is 127. The highest BCUT2D eigenvalue weighted by Crippen LogP contribution is 2.03. The van der Waals surface area contributed by atoms with Gasteiger partial charge in [0.2, 0.25) is 0 Å². The monoisotopic (exact) mass is 390 g/mol. The van der Waals surface area contributed by atoms with E-state index >= 15 is 0 Å². The Morgan fingerprint density at radius 1 is 1.30 bits per heavy atom. The second-order valence-electron chi connectivity index (χ2n) is 4.32. The van der Waals surface area contributed by atoms with E-state index in [2.05, 4.69) is 15.6 Å². The smallest absolute Gasteiger partial charge is 0.251 e. The number of nitrogens with one attached hydrogen (secondary N) is 2. The van der Waals surface area contributed by atoms with Gasteiger partial charge in [0.15, 0.2) is 5.96 Å². The predicted molar refractivity (Wildman–Crippen MR) is 93.7 cm³/mol. The minimum Gasteiger partial charge on any atom is -0.370 e. The van der Waals surface area contributed by atoms with E-state index < -0.39 is 0 Å². The van der Waals surface area contributed by atoms with Crippen LogP contribution in [0.3, 0.4) is 0 Å². The quantitative estimate of drug-likeness (QED) is 0.299. The van der Waals surface area contributed by atoms with Gasteiger partial charge >= 0.3 is 0 Å². The van der Waals surface area contributed by atoms with Gasteiger partial charge in [0.25, 0.3) is 5.91 Å². The van der Waals surface area contributed by atoms with Crippen molar-refractivity contribution < 1.29 is 4.79 Å². The predicted octanol–water partition coefficient (Wildman–Crippen LogP) is 1.66. The van der Waals surface area contributed by atoms with Crippen molar-refractivity contribution in [1.29, 1.82) is 0 Å². The Balaban J connectivity index is 0.00000361. The number of nitrogens with two attached hydrogens (primary N) is 1. The fraction of sp³-hybridized carbons (Fsp3) is 0.429. The lowest BCUT2D eigenvalue weighted by Crippen LogP contribution is -2.38. The van der Waals surface area contributed by atoms with Crippen LogP contribution in [0.1, 0.15) is 29.3 Å². The lowest BCUT2D eigenvalue weighted by atomic mass is 10.1. The summed E-state index contributed by atoms with van der Waals surface area (Å²) in [6.45, 7) is 5.79. The highest BCUT2D eigenvalue weighted by Gasteiger charge is 2.03. The van der Waals surface area contributed by atoms with Crippen LogP contribution in [0.4, 0.5) is 0 Å². The lowest BCUT2D eigenvalue weighted by molar-refractivity contribution is 0.0954. The van der Waals surface area contributed by atoms with Gasteiger partial charge in [-0.05, 0) is 25.5 Å². The molecular formula is C14H23IN4O. The number of carbonyl (C=O) groups excluding carboxylic acids is 1. The molecular weight excluding hydrogens is 367 g/mol. The summed E-state index contributed by atoms with van der Waals surface area (Å²) in [4.78, 5) is 15.9. The van der Waals surface area contributed by atoms with Crippen LogP contribution in [0.5, 0.6) is 0 Å². The molecule has 112 valence electrons. The van der Waals surface area contributed by atoms with Crippen LogP contribution >= 0.6 is 24.0 Å². The molecule has 0 saturated carbocycles. The lowest BCUT2D eigenvalue weighted by Gasteiger charge is -2.07. The standard InChI is InChI=1S/C14H22N4O.HI/c1-3-7-17-14(15)18-9-8-16-13(19)12-6-4-5-11(2)10-12;/h4-6,10H,3,7-9H2,1-2H3,(H,16,19)(H3,15,17,18);1H. The van der Waals surface area contributed by atoms with Crippen LogP contribution in [-0.2, 0) is 0 Å². The molecule has 1 aromatic rings. The third-order valence-corrected chi connectivity index (χ3v) is 2.50. The van der Waals surface area contributed by atoms with Crippen LogP contribution in [0.25, 0.3) is 0 Å². The molecule has 5 nitrogen and oxygen atoms in total. The molecule has 4 N–H and O–H groups in total. The number of amides is 1. The topological polar surface area (TPSA) is 79.5 Å². The molecule has 0 heterocycles. The van der Waals surface area contributed by atoms with E-state index in [-0.39, 0.29) is 29.9 Å². The Morgan fingerprint density at radius 2 is 2.00 bits per heavy atom. The summed E-state index contributed by atoms with van der Waals surface area (Å²) >= 11 is 0. The van der Waals surface area contributed by atoms with Gasteiger partial charge in [0, 0.05) is 25.2 Å². The number of halogens is 1. The third-order valence-electron chi connectivity index (χ3n) is 2.50. The Morgan fingerprint density at radius 3 is 2.65 bits per heavy atom. The van der Waals surface area contributed by atoms with E-state index in [1.54, 1.807) is 6.07 Å². The van der Waals surface area contributed by atoms with Crippen molar-refractivity contribution in [3.05, 3.63) is 35.4 Å². The number of hydrogen-bond donors (Lipinski definition) is 3. The zero-order chi connectivity index (χ0) is 14.1. The maximum absolute atomic E-state index is 11.8. The second kappa shape index (κ2) is 10.5. The van der Waals surface area contributed by atoms with Gasteiger partial charge in [-0.25, -0.2) is 0 Å². The average Bonchev–Trinajstić information content (AvgIpc) is 2.41. The molecule has 0 aromatic heterocycles. The minimum atomic E-state index is -0.0745. The number of aryl methyl sites for hydroxylation is 1. The first-order valence-corrected chi connectivity index (χ1v) is 6.52. The van der Waals surface area contributed by atoms with Gasteiger partial charge < -0.3 is 16.4 Å². The van der Waals surface area contributed by atoms with E-state index in [1.807, 2.05) is 32.0 Å². The molecule has 0 unspecified atom stereocenters. The molecule has 6 heteroatoms. The van der Waals surface area contributed by atoms with Gasteiger partial charge in [-0.1, -0.05) is 24.6 Å². The van der Waals surface area contributed by atoms with Gasteiger partial charge in [-0.3, -0.25) is 9.79 Å². The largest absolute Gasteiger partial charge is 0.370 e. The van der Waals surface area contributed by atoms with Gasteiger partial charge in [-0.2, -0.15) is 0 Å². The molecule has 1 amide bonds. The molecule has 0 spiro atoms. The summed E-state index contributed by atoms with van der Waals surface area (Å²) in [5.74, 6) is 0.348. The molecule has 1 aromatic carbocycles. The van der Waals surface area contributed by atoms with Crippen molar-refractivity contribution in [2.75, 3.05) is 19.6 Å². The number of benzene rings is 1. The number of carbonyl (C=O) groups is 1. The van der Waals surface area contributed by atoms with Gasteiger partial charge in [0.1, 0.15) is 0 Å². The van der Waals surface area contributed by atoms with Crippen molar-refractivity contribution in [2.45, 2.75) is 20.3 Å². The zero-order valence-electron chi connectivity index (χ0n) is 12.0. The van der Waals surface area contributed by atoms with Crippen LogP contribution in [0.15, 0.2) is 29.3 Å². The zero-order valence-corrected chi connectivity index (χ0v) is 14.3. The fourth-order valence-corrected chi connectivity index (χ4v) is 1.54. The number of rotatable bonds is 6. The molecule has 0 aliphatic rings. The summed E-state index contributed by atoms with van der Waals surface area (Å²) in [6, 6.07) is 7.49. The maximum Gasteiger partial charge on any atom is 0.251 e. The van der Waals surface area contributed by atoms with E-state index in [0.717, 1.165) is 12.0 Å². The van der Waals surface area contributed by atoms with Gasteiger partial charge in [0.05, 0.1) is 0 Å². The summed E-state index contributed by atoms with van der Waals surface area (Å²) in [6.07, 6.45) is 0.965. The van der Waals surface area contributed by atoms with Crippen LogP contribution in [0.2, 0.25) is 0 Å². The summed E-state index contributed by atoms with van der Waals surface area (Å²) in [5.41, 5.74) is 7.38. The molecule has 0 atom stereocenters. The summed E-state index contributed by atoms with van der Waals surface area (Å²) in [5, 5.41) is 5.77. The first-order valence-electron chi connectivity index (χ1n) is 6.52. The number of guanidine groups is 1. The van der Waals surface area contributed by atoms with Gasteiger partial charge in [-0.15, -0.1) is 24.0 Å².